The van der Waals surface area contributed by atoms with Gasteiger partial charge in [0.1, 0.15) is 0 Å². The van der Waals surface area contributed by atoms with E-state index in [1.54, 1.807) is 18.2 Å². The molecule has 1 N–H and O–H groups in total. The summed E-state index contributed by atoms with van der Waals surface area (Å²) >= 11 is 0. The van der Waals surface area contributed by atoms with E-state index in [1.807, 2.05) is 36.4 Å². The first-order valence-corrected chi connectivity index (χ1v) is 5.07. The number of carbonyl (C=O) groups is 1. The predicted molar refractivity (Wildman–Crippen MR) is 57.9 cm³/mol. The largest absolute Gasteiger partial charge is 0.479 e. The van der Waals surface area contributed by atoms with Crippen molar-refractivity contribution < 1.29 is 14.6 Å². The summed E-state index contributed by atoms with van der Waals surface area (Å²) in [6.07, 6.45) is 6.93. The molecule has 3 heteroatoms. The van der Waals surface area contributed by atoms with Crippen molar-refractivity contribution in [3.8, 4) is 0 Å². The molecule has 1 saturated heterocycles. The zero-order valence-electron chi connectivity index (χ0n) is 8.46. The van der Waals surface area contributed by atoms with Gasteiger partial charge in [-0.1, -0.05) is 42.5 Å². The first-order valence-electron chi connectivity index (χ1n) is 5.07. The smallest absolute Gasteiger partial charge is 0.343 e. The highest BCUT2D eigenvalue weighted by atomic mass is 16.7. The van der Waals surface area contributed by atoms with E-state index in [9.17, 15) is 9.90 Å². The molecule has 0 amide bonds. The highest BCUT2D eigenvalue weighted by molar-refractivity contribution is 5.88. The van der Waals surface area contributed by atoms with Crippen molar-refractivity contribution in [3.05, 3.63) is 60.2 Å². The Kier molecular flexibility index (Phi) is 1.66. The van der Waals surface area contributed by atoms with E-state index >= 15 is 0 Å². The predicted octanol–water partition coefficient (Wildman–Crippen LogP) is 1.86. The van der Waals surface area contributed by atoms with Crippen LogP contribution < -0.4 is 0 Å². The maximum atomic E-state index is 11.3. The molecule has 0 spiro atoms. The minimum absolute atomic E-state index is 0.811. The molecule has 3 rings (SSSR count). The second kappa shape index (κ2) is 2.83. The third-order valence-electron chi connectivity index (χ3n) is 3.13. The van der Waals surface area contributed by atoms with Crippen LogP contribution >= 0.6 is 0 Å². The molecular formula is C13H10O3. The van der Waals surface area contributed by atoms with Gasteiger partial charge in [-0.05, 0) is 17.7 Å². The van der Waals surface area contributed by atoms with E-state index in [-0.39, 0.29) is 0 Å². The van der Waals surface area contributed by atoms with Crippen LogP contribution in [0.2, 0.25) is 0 Å². The zero-order valence-corrected chi connectivity index (χ0v) is 8.46. The summed E-state index contributed by atoms with van der Waals surface area (Å²) in [7, 11) is 0. The highest BCUT2D eigenvalue weighted by Crippen LogP contribution is 2.59. The molecule has 0 aromatic heterocycles. The lowest BCUT2D eigenvalue weighted by Crippen LogP contribution is -2.30. The number of rotatable bonds is 2. The number of ether oxygens (including phenoxy) is 1. The molecule has 80 valence electrons. The number of carboxylic acid groups (broad SMARTS) is 1. The van der Waals surface area contributed by atoms with Crippen molar-refractivity contribution in [3.63, 3.8) is 0 Å². The van der Waals surface area contributed by atoms with Crippen molar-refractivity contribution >= 4 is 5.97 Å². The van der Waals surface area contributed by atoms with Gasteiger partial charge in [0.15, 0.2) is 5.60 Å². The Morgan fingerprint density at radius 3 is 2.50 bits per heavy atom. The number of aliphatic carboxylic acids is 1. The van der Waals surface area contributed by atoms with Crippen LogP contribution in [0.15, 0.2) is 54.6 Å². The molecule has 0 bridgehead atoms. The van der Waals surface area contributed by atoms with E-state index in [2.05, 4.69) is 0 Å². The monoisotopic (exact) mass is 214 g/mol. The van der Waals surface area contributed by atoms with Gasteiger partial charge in [-0.15, -0.1) is 0 Å². The normalized spacial score (nSPS) is 34.5. The Labute approximate surface area is 92.7 Å². The van der Waals surface area contributed by atoms with Crippen LogP contribution in [0.5, 0.6) is 0 Å². The van der Waals surface area contributed by atoms with Crippen LogP contribution in [-0.2, 0) is 15.1 Å². The molecule has 1 fully saturated rings. The van der Waals surface area contributed by atoms with Gasteiger partial charge in [0.25, 0.3) is 0 Å². The Bertz CT molecular complexity index is 503. The van der Waals surface area contributed by atoms with Gasteiger partial charge in [0.2, 0.25) is 5.60 Å². The van der Waals surface area contributed by atoms with E-state index in [0.717, 1.165) is 5.56 Å². The SMILES string of the molecule is O=C(O)C12C=CC=CC1(c1ccccc1)O2. The molecular weight excluding hydrogens is 204 g/mol. The molecule has 1 aromatic rings. The highest BCUT2D eigenvalue weighted by Gasteiger charge is 2.74. The molecule has 16 heavy (non-hydrogen) atoms. The van der Waals surface area contributed by atoms with Crippen LogP contribution in [-0.4, -0.2) is 16.7 Å². The second-order valence-corrected chi connectivity index (χ2v) is 3.96. The van der Waals surface area contributed by atoms with Gasteiger partial charge in [-0.3, -0.25) is 0 Å². The van der Waals surface area contributed by atoms with Gasteiger partial charge in [-0.25, -0.2) is 4.79 Å². The Hall–Kier alpha value is -1.87. The van der Waals surface area contributed by atoms with Crippen LogP contribution in [0.3, 0.4) is 0 Å². The fourth-order valence-electron chi connectivity index (χ4n) is 2.26. The number of hydrogen-bond acceptors (Lipinski definition) is 2. The van der Waals surface area contributed by atoms with Gasteiger partial charge in [0.05, 0.1) is 0 Å². The van der Waals surface area contributed by atoms with Crippen LogP contribution in [0.1, 0.15) is 5.56 Å². The molecule has 2 aliphatic rings. The first kappa shape index (κ1) is 9.36. The van der Waals surface area contributed by atoms with E-state index in [4.69, 9.17) is 4.74 Å². The molecule has 2 unspecified atom stereocenters. The third-order valence-corrected chi connectivity index (χ3v) is 3.13. The first-order chi connectivity index (χ1) is 7.71. The van der Waals surface area contributed by atoms with E-state index in [1.165, 1.54) is 0 Å². The van der Waals surface area contributed by atoms with E-state index < -0.39 is 17.2 Å². The third kappa shape index (κ3) is 0.933. The molecule has 0 radical (unpaired) electrons. The van der Waals surface area contributed by atoms with Gasteiger partial charge >= 0.3 is 5.97 Å². The molecule has 2 atom stereocenters. The van der Waals surface area contributed by atoms with Gasteiger partial charge < -0.3 is 9.84 Å². The molecule has 1 aliphatic carbocycles. The summed E-state index contributed by atoms with van der Waals surface area (Å²) in [5, 5.41) is 9.26. The fourth-order valence-corrected chi connectivity index (χ4v) is 2.26. The molecule has 3 nitrogen and oxygen atoms in total. The summed E-state index contributed by atoms with van der Waals surface area (Å²) in [5.74, 6) is -0.947. The minimum atomic E-state index is -1.21. The fraction of sp³-hybridized carbons (Fsp3) is 0.154. The maximum Gasteiger partial charge on any atom is 0.343 e. The average molecular weight is 214 g/mol. The topological polar surface area (TPSA) is 49.8 Å². The van der Waals surface area contributed by atoms with Crippen molar-refractivity contribution in [2.45, 2.75) is 11.2 Å². The second-order valence-electron chi connectivity index (χ2n) is 3.96. The summed E-state index contributed by atoms with van der Waals surface area (Å²) in [5.41, 5.74) is -1.14. The van der Waals surface area contributed by atoms with Crippen molar-refractivity contribution in [1.29, 1.82) is 0 Å². The standard InChI is InChI=1S/C13H10O3/c14-11(15)13-9-5-4-8-12(13,16-13)10-6-2-1-3-7-10/h1-9H,(H,14,15). The van der Waals surface area contributed by atoms with Crippen LogP contribution in [0.25, 0.3) is 0 Å². The Morgan fingerprint density at radius 2 is 1.81 bits per heavy atom. The number of allylic oxidation sites excluding steroid dienone is 2. The van der Waals surface area contributed by atoms with E-state index in [0.29, 0.717) is 0 Å². The summed E-state index contributed by atoms with van der Waals surface area (Å²) in [6.45, 7) is 0. The summed E-state index contributed by atoms with van der Waals surface area (Å²) in [4.78, 5) is 11.3. The number of fused-ring (bicyclic) bond motifs is 1. The van der Waals surface area contributed by atoms with Gasteiger partial charge in [0, 0.05) is 0 Å². The quantitative estimate of drug-likeness (QED) is 0.764. The maximum absolute atomic E-state index is 11.3. The van der Waals surface area contributed by atoms with Crippen molar-refractivity contribution in [2.24, 2.45) is 0 Å². The van der Waals surface area contributed by atoms with Gasteiger partial charge in [-0.2, -0.15) is 0 Å². The number of hydrogen-bond donors (Lipinski definition) is 1. The molecule has 1 aliphatic heterocycles. The minimum Gasteiger partial charge on any atom is -0.479 e. The lowest BCUT2D eigenvalue weighted by molar-refractivity contribution is -0.141. The summed E-state index contributed by atoms with van der Waals surface area (Å²) in [6, 6.07) is 9.42. The van der Waals surface area contributed by atoms with Crippen LogP contribution in [0.4, 0.5) is 0 Å². The molecule has 0 saturated carbocycles. The zero-order chi connectivity index (χ0) is 11.2. The lowest BCUT2D eigenvalue weighted by atomic mass is 9.83. The average Bonchev–Trinajstić information content (AvgIpc) is 3.02. The summed E-state index contributed by atoms with van der Waals surface area (Å²) < 4.78 is 5.53. The molecule has 1 aromatic carbocycles. The lowest BCUT2D eigenvalue weighted by Gasteiger charge is -2.13. The van der Waals surface area contributed by atoms with Crippen molar-refractivity contribution in [1.82, 2.24) is 0 Å². The Morgan fingerprint density at radius 1 is 1.12 bits per heavy atom. The Balaban J connectivity index is 2.12. The number of benzene rings is 1. The van der Waals surface area contributed by atoms with Crippen LogP contribution in [0, 0.1) is 0 Å². The number of carboxylic acids is 1. The van der Waals surface area contributed by atoms with Crippen molar-refractivity contribution in [2.75, 3.05) is 0 Å². The molecule has 1 heterocycles. The number of epoxide rings is 1.